The SMILES string of the molecule is Cc1ccc([C@@H](C)NCCF)cc1. The van der Waals surface area contributed by atoms with Crippen molar-refractivity contribution in [2.45, 2.75) is 19.9 Å². The minimum atomic E-state index is -0.309. The summed E-state index contributed by atoms with van der Waals surface area (Å²) in [6.07, 6.45) is 0. The molecule has 1 nitrogen and oxygen atoms in total. The molecule has 1 N–H and O–H groups in total. The number of aryl methyl sites for hydroxylation is 1. The molecule has 0 aliphatic carbocycles. The van der Waals surface area contributed by atoms with Gasteiger partial charge in [-0.3, -0.25) is 0 Å². The Kier molecular flexibility index (Phi) is 3.90. The highest BCUT2D eigenvalue weighted by atomic mass is 19.1. The second kappa shape index (κ2) is 4.97. The lowest BCUT2D eigenvalue weighted by Crippen LogP contribution is -2.20. The average Bonchev–Trinajstić information content (AvgIpc) is 2.15. The van der Waals surface area contributed by atoms with Crippen molar-refractivity contribution in [2.75, 3.05) is 13.2 Å². The highest BCUT2D eigenvalue weighted by Gasteiger charge is 2.02. The van der Waals surface area contributed by atoms with Crippen LogP contribution in [0.15, 0.2) is 24.3 Å². The third kappa shape index (κ3) is 3.15. The van der Waals surface area contributed by atoms with Crippen molar-refractivity contribution in [3.05, 3.63) is 35.4 Å². The number of halogens is 1. The quantitative estimate of drug-likeness (QED) is 0.753. The van der Waals surface area contributed by atoms with Crippen molar-refractivity contribution in [2.24, 2.45) is 0 Å². The first-order valence-electron chi connectivity index (χ1n) is 4.60. The van der Waals surface area contributed by atoms with Crippen LogP contribution in [-0.4, -0.2) is 13.2 Å². The summed E-state index contributed by atoms with van der Waals surface area (Å²) >= 11 is 0. The third-order valence-electron chi connectivity index (χ3n) is 2.12. The molecule has 1 aromatic carbocycles. The maximum Gasteiger partial charge on any atom is 0.102 e. The zero-order chi connectivity index (χ0) is 9.68. The van der Waals surface area contributed by atoms with Gasteiger partial charge in [-0.25, -0.2) is 4.39 Å². The first-order valence-corrected chi connectivity index (χ1v) is 4.60. The predicted octanol–water partition coefficient (Wildman–Crippen LogP) is 2.62. The van der Waals surface area contributed by atoms with Gasteiger partial charge in [-0.2, -0.15) is 0 Å². The van der Waals surface area contributed by atoms with Gasteiger partial charge in [0.25, 0.3) is 0 Å². The molecule has 1 aromatic rings. The van der Waals surface area contributed by atoms with Crippen molar-refractivity contribution >= 4 is 0 Å². The number of hydrogen-bond donors (Lipinski definition) is 1. The van der Waals surface area contributed by atoms with Crippen molar-refractivity contribution in [1.29, 1.82) is 0 Å². The summed E-state index contributed by atoms with van der Waals surface area (Å²) in [5.41, 5.74) is 2.46. The van der Waals surface area contributed by atoms with E-state index in [0.29, 0.717) is 6.54 Å². The van der Waals surface area contributed by atoms with Gasteiger partial charge in [0.1, 0.15) is 6.67 Å². The fraction of sp³-hybridized carbons (Fsp3) is 0.455. The summed E-state index contributed by atoms with van der Waals surface area (Å²) in [5, 5.41) is 3.09. The molecule has 0 unspecified atom stereocenters. The van der Waals surface area contributed by atoms with Gasteiger partial charge >= 0.3 is 0 Å². The van der Waals surface area contributed by atoms with E-state index in [2.05, 4.69) is 36.5 Å². The number of rotatable bonds is 4. The maximum atomic E-state index is 11.9. The van der Waals surface area contributed by atoms with Gasteiger partial charge in [-0.15, -0.1) is 0 Å². The summed E-state index contributed by atoms with van der Waals surface area (Å²) < 4.78 is 11.9. The van der Waals surface area contributed by atoms with Crippen molar-refractivity contribution in [1.82, 2.24) is 5.32 Å². The molecule has 1 atom stereocenters. The molecule has 0 saturated carbocycles. The van der Waals surface area contributed by atoms with E-state index in [0.717, 1.165) is 0 Å². The Morgan fingerprint density at radius 1 is 1.31 bits per heavy atom. The van der Waals surface area contributed by atoms with Crippen LogP contribution in [-0.2, 0) is 0 Å². The normalized spacial score (nSPS) is 12.8. The van der Waals surface area contributed by atoms with Gasteiger partial charge in [0.05, 0.1) is 0 Å². The van der Waals surface area contributed by atoms with Gasteiger partial charge in [0, 0.05) is 12.6 Å². The molecule has 0 heterocycles. The first kappa shape index (κ1) is 10.2. The minimum absolute atomic E-state index is 0.233. The van der Waals surface area contributed by atoms with Crippen molar-refractivity contribution < 1.29 is 4.39 Å². The van der Waals surface area contributed by atoms with Crippen molar-refractivity contribution in [3.63, 3.8) is 0 Å². The molecular formula is C11H16FN. The minimum Gasteiger partial charge on any atom is -0.308 e. The van der Waals surface area contributed by atoms with Crippen LogP contribution in [0.3, 0.4) is 0 Å². The van der Waals surface area contributed by atoms with Crippen LogP contribution >= 0.6 is 0 Å². The Morgan fingerprint density at radius 2 is 1.92 bits per heavy atom. The lowest BCUT2D eigenvalue weighted by molar-refractivity contribution is 0.444. The smallest absolute Gasteiger partial charge is 0.102 e. The molecule has 72 valence electrons. The molecule has 0 saturated heterocycles. The summed E-state index contributed by atoms with van der Waals surface area (Å²) in [6.45, 7) is 4.22. The van der Waals surface area contributed by atoms with Crippen LogP contribution in [0.25, 0.3) is 0 Å². The average molecular weight is 181 g/mol. The van der Waals surface area contributed by atoms with E-state index in [9.17, 15) is 4.39 Å². The largest absolute Gasteiger partial charge is 0.308 e. The highest BCUT2D eigenvalue weighted by molar-refractivity contribution is 5.23. The van der Waals surface area contributed by atoms with Gasteiger partial charge in [0.15, 0.2) is 0 Å². The van der Waals surface area contributed by atoms with E-state index >= 15 is 0 Å². The summed E-state index contributed by atoms with van der Waals surface area (Å²) in [6, 6.07) is 8.53. The maximum absolute atomic E-state index is 11.9. The van der Waals surface area contributed by atoms with E-state index < -0.39 is 0 Å². The highest BCUT2D eigenvalue weighted by Crippen LogP contribution is 2.12. The fourth-order valence-electron chi connectivity index (χ4n) is 1.24. The topological polar surface area (TPSA) is 12.0 Å². The Balaban J connectivity index is 2.55. The summed E-state index contributed by atoms with van der Waals surface area (Å²) in [7, 11) is 0. The zero-order valence-electron chi connectivity index (χ0n) is 8.18. The van der Waals surface area contributed by atoms with Crippen LogP contribution in [0.2, 0.25) is 0 Å². The number of hydrogen-bond acceptors (Lipinski definition) is 1. The van der Waals surface area contributed by atoms with Crippen LogP contribution in [0.1, 0.15) is 24.1 Å². The predicted molar refractivity (Wildman–Crippen MR) is 53.6 cm³/mol. The third-order valence-corrected chi connectivity index (χ3v) is 2.12. The Labute approximate surface area is 79.0 Å². The Hall–Kier alpha value is -0.890. The van der Waals surface area contributed by atoms with Gasteiger partial charge in [0.2, 0.25) is 0 Å². The lowest BCUT2D eigenvalue weighted by Gasteiger charge is -2.12. The summed E-state index contributed by atoms with van der Waals surface area (Å²) in [5.74, 6) is 0. The fourth-order valence-corrected chi connectivity index (χ4v) is 1.24. The molecule has 2 heteroatoms. The molecule has 1 rings (SSSR count). The zero-order valence-corrected chi connectivity index (χ0v) is 8.18. The standard InChI is InChI=1S/C11H16FN/c1-9-3-5-11(6-4-9)10(2)13-8-7-12/h3-6,10,13H,7-8H2,1-2H3/t10-/m1/s1. The van der Waals surface area contributed by atoms with E-state index in [-0.39, 0.29) is 12.7 Å². The molecule has 0 spiro atoms. The van der Waals surface area contributed by atoms with Crippen molar-refractivity contribution in [3.8, 4) is 0 Å². The molecule has 0 aliphatic heterocycles. The number of nitrogens with one attached hydrogen (secondary N) is 1. The monoisotopic (exact) mass is 181 g/mol. The van der Waals surface area contributed by atoms with Gasteiger partial charge in [-0.05, 0) is 19.4 Å². The number of benzene rings is 1. The van der Waals surface area contributed by atoms with E-state index in [1.165, 1.54) is 11.1 Å². The first-order chi connectivity index (χ1) is 6.24. The van der Waals surface area contributed by atoms with Crippen LogP contribution in [0, 0.1) is 6.92 Å². The lowest BCUT2D eigenvalue weighted by atomic mass is 10.1. The Bertz CT molecular complexity index is 243. The number of alkyl halides is 1. The second-order valence-electron chi connectivity index (χ2n) is 3.28. The molecule has 0 amide bonds. The molecule has 13 heavy (non-hydrogen) atoms. The van der Waals surface area contributed by atoms with Crippen LogP contribution < -0.4 is 5.32 Å². The van der Waals surface area contributed by atoms with E-state index in [1.807, 2.05) is 6.92 Å². The molecule has 0 bridgehead atoms. The van der Waals surface area contributed by atoms with Gasteiger partial charge < -0.3 is 5.32 Å². The molecule has 0 radical (unpaired) electrons. The Morgan fingerprint density at radius 3 is 2.46 bits per heavy atom. The van der Waals surface area contributed by atoms with E-state index in [4.69, 9.17) is 0 Å². The van der Waals surface area contributed by atoms with Gasteiger partial charge in [-0.1, -0.05) is 29.8 Å². The van der Waals surface area contributed by atoms with E-state index in [1.54, 1.807) is 0 Å². The van der Waals surface area contributed by atoms with Crippen LogP contribution in [0.5, 0.6) is 0 Å². The molecule has 0 aliphatic rings. The molecule has 0 aromatic heterocycles. The molecular weight excluding hydrogens is 165 g/mol. The summed E-state index contributed by atoms with van der Waals surface area (Å²) in [4.78, 5) is 0. The van der Waals surface area contributed by atoms with Crippen LogP contribution in [0.4, 0.5) is 4.39 Å². The molecule has 0 fully saturated rings. The second-order valence-corrected chi connectivity index (χ2v) is 3.28.